The first kappa shape index (κ1) is 11.9. The molecular weight excluding hydrogens is 236 g/mol. The molecule has 2 rings (SSSR count). The molecule has 0 aliphatic heterocycles. The van der Waals surface area contributed by atoms with E-state index in [0.29, 0.717) is 0 Å². The summed E-state index contributed by atoms with van der Waals surface area (Å²) in [5.41, 5.74) is 0.791. The lowest BCUT2D eigenvalue weighted by Crippen LogP contribution is -2.29. The number of amides is 1. The highest BCUT2D eigenvalue weighted by Crippen LogP contribution is 2.22. The van der Waals surface area contributed by atoms with Gasteiger partial charge in [-0.15, -0.1) is 10.2 Å². The van der Waals surface area contributed by atoms with Gasteiger partial charge in [-0.1, -0.05) is 17.8 Å². The van der Waals surface area contributed by atoms with Crippen molar-refractivity contribution in [3.63, 3.8) is 0 Å². The summed E-state index contributed by atoms with van der Waals surface area (Å²) in [5.74, 6) is 0.0719. The molecule has 1 amide bonds. The van der Waals surface area contributed by atoms with Gasteiger partial charge in [0.15, 0.2) is 10.8 Å². The predicted molar refractivity (Wildman–Crippen MR) is 67.0 cm³/mol. The van der Waals surface area contributed by atoms with Crippen LogP contribution in [0.5, 0.6) is 0 Å². The molecule has 0 bridgehead atoms. The van der Waals surface area contributed by atoms with Crippen LogP contribution < -0.4 is 0 Å². The maximum atomic E-state index is 11.8. The van der Waals surface area contributed by atoms with E-state index in [-0.39, 0.29) is 11.2 Å². The van der Waals surface area contributed by atoms with Crippen LogP contribution in [0, 0.1) is 0 Å². The third kappa shape index (κ3) is 2.41. The number of carbonyl (C=O) groups is 1. The van der Waals surface area contributed by atoms with E-state index in [9.17, 15) is 4.79 Å². The Morgan fingerprint density at radius 1 is 1.41 bits per heavy atom. The molecule has 0 saturated heterocycles. The molecule has 17 heavy (non-hydrogen) atoms. The van der Waals surface area contributed by atoms with E-state index in [2.05, 4.69) is 10.2 Å². The van der Waals surface area contributed by atoms with E-state index < -0.39 is 0 Å². The molecule has 0 unspecified atom stereocenters. The Bertz CT molecular complexity index is 537. The summed E-state index contributed by atoms with van der Waals surface area (Å²) in [5, 5.41) is 8.70. The van der Waals surface area contributed by atoms with Gasteiger partial charge in [0, 0.05) is 20.3 Å². The van der Waals surface area contributed by atoms with Crippen molar-refractivity contribution in [2.24, 2.45) is 0 Å². The van der Waals surface area contributed by atoms with Crippen LogP contribution >= 0.6 is 11.8 Å². The van der Waals surface area contributed by atoms with Crippen LogP contribution in [0.25, 0.3) is 5.65 Å². The SMILES string of the molecule is C[C@H](Sc1nnc2ccccn12)C(=O)N(C)C. The molecular formula is C11H14N4OS. The molecule has 0 N–H and O–H groups in total. The quantitative estimate of drug-likeness (QED) is 0.770. The Hall–Kier alpha value is -1.56. The zero-order chi connectivity index (χ0) is 12.4. The number of rotatable bonds is 3. The van der Waals surface area contributed by atoms with Crippen LogP contribution in [0.1, 0.15) is 6.92 Å². The van der Waals surface area contributed by atoms with Crippen LogP contribution in [0.3, 0.4) is 0 Å². The van der Waals surface area contributed by atoms with Crippen molar-refractivity contribution in [3.05, 3.63) is 24.4 Å². The van der Waals surface area contributed by atoms with E-state index in [1.165, 1.54) is 11.8 Å². The summed E-state index contributed by atoms with van der Waals surface area (Å²) in [6.45, 7) is 1.87. The second kappa shape index (κ2) is 4.75. The van der Waals surface area contributed by atoms with Crippen LogP contribution in [0.2, 0.25) is 0 Å². The second-order valence-electron chi connectivity index (χ2n) is 3.90. The highest BCUT2D eigenvalue weighted by atomic mass is 32.2. The van der Waals surface area contributed by atoms with Crippen molar-refractivity contribution in [2.75, 3.05) is 14.1 Å². The van der Waals surface area contributed by atoms with Crippen molar-refractivity contribution in [1.82, 2.24) is 19.5 Å². The Kier molecular flexibility index (Phi) is 3.33. The Morgan fingerprint density at radius 3 is 2.88 bits per heavy atom. The molecule has 0 aliphatic rings. The van der Waals surface area contributed by atoms with Crippen molar-refractivity contribution in [2.45, 2.75) is 17.3 Å². The Labute approximate surface area is 104 Å². The van der Waals surface area contributed by atoms with Gasteiger partial charge in [0.1, 0.15) is 0 Å². The molecule has 5 nitrogen and oxygen atoms in total. The first-order valence-electron chi connectivity index (χ1n) is 5.27. The lowest BCUT2D eigenvalue weighted by atomic mass is 10.4. The zero-order valence-corrected chi connectivity index (χ0v) is 10.8. The smallest absolute Gasteiger partial charge is 0.235 e. The average Bonchev–Trinajstić information content (AvgIpc) is 2.71. The fraction of sp³-hybridized carbons (Fsp3) is 0.364. The van der Waals surface area contributed by atoms with E-state index in [1.807, 2.05) is 35.7 Å². The molecule has 90 valence electrons. The molecule has 2 aromatic rings. The summed E-state index contributed by atoms with van der Waals surface area (Å²) < 4.78 is 1.88. The molecule has 0 saturated carbocycles. The maximum Gasteiger partial charge on any atom is 0.235 e. The molecule has 1 atom stereocenters. The van der Waals surface area contributed by atoms with Crippen LogP contribution in [0.4, 0.5) is 0 Å². The van der Waals surface area contributed by atoms with Crippen molar-refractivity contribution < 1.29 is 4.79 Å². The number of fused-ring (bicyclic) bond motifs is 1. The average molecular weight is 250 g/mol. The van der Waals surface area contributed by atoms with Gasteiger partial charge in [-0.05, 0) is 19.1 Å². The second-order valence-corrected chi connectivity index (χ2v) is 5.21. The van der Waals surface area contributed by atoms with Gasteiger partial charge in [0.2, 0.25) is 5.91 Å². The first-order valence-corrected chi connectivity index (χ1v) is 6.15. The third-order valence-corrected chi connectivity index (χ3v) is 3.40. The third-order valence-electron chi connectivity index (χ3n) is 2.35. The van der Waals surface area contributed by atoms with E-state index in [4.69, 9.17) is 0 Å². The topological polar surface area (TPSA) is 50.5 Å². The molecule has 0 spiro atoms. The van der Waals surface area contributed by atoms with Crippen LogP contribution in [0.15, 0.2) is 29.6 Å². The number of aromatic nitrogens is 3. The summed E-state index contributed by atoms with van der Waals surface area (Å²) in [7, 11) is 3.50. The molecule has 0 aromatic carbocycles. The maximum absolute atomic E-state index is 11.8. The van der Waals surface area contributed by atoms with Gasteiger partial charge < -0.3 is 4.90 Å². The number of carbonyl (C=O) groups excluding carboxylic acids is 1. The van der Waals surface area contributed by atoms with Gasteiger partial charge in [-0.2, -0.15) is 0 Å². The standard InChI is InChI=1S/C11H14N4OS/c1-8(10(16)14(2)3)17-11-13-12-9-6-4-5-7-15(9)11/h4-8H,1-3H3/t8-/m0/s1. The highest BCUT2D eigenvalue weighted by Gasteiger charge is 2.18. The fourth-order valence-electron chi connectivity index (χ4n) is 1.47. The number of nitrogens with zero attached hydrogens (tertiary/aromatic N) is 4. The van der Waals surface area contributed by atoms with E-state index >= 15 is 0 Å². The van der Waals surface area contributed by atoms with E-state index in [1.54, 1.807) is 19.0 Å². The minimum Gasteiger partial charge on any atom is -0.348 e. The first-order chi connectivity index (χ1) is 8.09. The van der Waals surface area contributed by atoms with Crippen molar-refractivity contribution in [1.29, 1.82) is 0 Å². The zero-order valence-electron chi connectivity index (χ0n) is 9.99. The lowest BCUT2D eigenvalue weighted by Gasteiger charge is -2.15. The van der Waals surface area contributed by atoms with Crippen LogP contribution in [-0.2, 0) is 4.79 Å². The summed E-state index contributed by atoms with van der Waals surface area (Å²) >= 11 is 1.41. The largest absolute Gasteiger partial charge is 0.348 e. The summed E-state index contributed by atoms with van der Waals surface area (Å²) in [6.07, 6.45) is 1.89. The summed E-state index contributed by atoms with van der Waals surface area (Å²) in [6, 6.07) is 5.71. The molecule has 2 aromatic heterocycles. The molecule has 0 fully saturated rings. The molecule has 6 heteroatoms. The predicted octanol–water partition coefficient (Wildman–Crippen LogP) is 1.30. The molecule has 0 aliphatic carbocycles. The lowest BCUT2D eigenvalue weighted by molar-refractivity contribution is -0.127. The number of pyridine rings is 1. The van der Waals surface area contributed by atoms with Gasteiger partial charge >= 0.3 is 0 Å². The van der Waals surface area contributed by atoms with Gasteiger partial charge in [-0.3, -0.25) is 9.20 Å². The van der Waals surface area contributed by atoms with Gasteiger partial charge in [0.25, 0.3) is 0 Å². The molecule has 2 heterocycles. The number of thioether (sulfide) groups is 1. The van der Waals surface area contributed by atoms with Gasteiger partial charge in [0.05, 0.1) is 5.25 Å². The normalized spacial score (nSPS) is 12.6. The number of hydrogen-bond acceptors (Lipinski definition) is 4. The Balaban J connectivity index is 2.21. The fourth-order valence-corrected chi connectivity index (χ4v) is 2.46. The highest BCUT2D eigenvalue weighted by molar-refractivity contribution is 8.00. The minimum atomic E-state index is -0.169. The van der Waals surface area contributed by atoms with Gasteiger partial charge in [-0.25, -0.2) is 0 Å². The van der Waals surface area contributed by atoms with E-state index in [0.717, 1.165) is 10.8 Å². The van der Waals surface area contributed by atoms with Crippen molar-refractivity contribution >= 4 is 23.3 Å². The molecule has 0 radical (unpaired) electrons. The summed E-state index contributed by atoms with van der Waals surface area (Å²) in [4.78, 5) is 13.3. The minimum absolute atomic E-state index is 0.0719. The van der Waals surface area contributed by atoms with Crippen molar-refractivity contribution in [3.8, 4) is 0 Å². The Morgan fingerprint density at radius 2 is 2.18 bits per heavy atom. The van der Waals surface area contributed by atoms with Crippen LogP contribution in [-0.4, -0.2) is 44.8 Å². The monoisotopic (exact) mass is 250 g/mol. The number of hydrogen-bond donors (Lipinski definition) is 0.